The SMILES string of the molecule is CN(C)c1ccc(-c2cc3nc(NCCCCCN)ccc3cn2)cc1. The highest BCUT2D eigenvalue weighted by molar-refractivity contribution is 5.83. The molecular weight excluding hydrogens is 322 g/mol. The van der Waals surface area contributed by atoms with Crippen molar-refractivity contribution in [1.82, 2.24) is 9.97 Å². The number of aromatic nitrogens is 2. The predicted molar refractivity (Wildman–Crippen MR) is 111 cm³/mol. The summed E-state index contributed by atoms with van der Waals surface area (Å²) in [5.41, 5.74) is 9.70. The van der Waals surface area contributed by atoms with Crippen molar-refractivity contribution in [1.29, 1.82) is 0 Å². The molecule has 0 aliphatic heterocycles. The first-order valence-corrected chi connectivity index (χ1v) is 9.16. The molecular formula is C21H27N5. The summed E-state index contributed by atoms with van der Waals surface area (Å²) in [5, 5.41) is 4.45. The van der Waals surface area contributed by atoms with Gasteiger partial charge in [0.2, 0.25) is 0 Å². The number of nitrogens with zero attached hydrogens (tertiary/aromatic N) is 3. The Morgan fingerprint density at radius 1 is 1.00 bits per heavy atom. The summed E-state index contributed by atoms with van der Waals surface area (Å²) in [6.07, 6.45) is 5.22. The zero-order valence-corrected chi connectivity index (χ0v) is 15.6. The van der Waals surface area contributed by atoms with Gasteiger partial charge in [-0.1, -0.05) is 18.6 Å². The van der Waals surface area contributed by atoms with E-state index in [1.165, 1.54) is 5.69 Å². The van der Waals surface area contributed by atoms with Gasteiger partial charge in [-0.2, -0.15) is 0 Å². The molecule has 1 aromatic carbocycles. The van der Waals surface area contributed by atoms with Crippen LogP contribution in [0.1, 0.15) is 19.3 Å². The lowest BCUT2D eigenvalue weighted by molar-refractivity contribution is 0.706. The van der Waals surface area contributed by atoms with E-state index < -0.39 is 0 Å². The Balaban J connectivity index is 1.76. The van der Waals surface area contributed by atoms with Gasteiger partial charge < -0.3 is 16.0 Å². The standard InChI is InChI=1S/C21H27N5/c1-26(2)18-9-6-16(7-10-18)19-14-20-17(15-24-19)8-11-21(25-20)23-13-5-3-4-12-22/h6-11,14-15H,3-5,12-13,22H2,1-2H3,(H,23,25). The molecule has 2 aromatic heterocycles. The number of nitrogens with two attached hydrogens (primary N) is 1. The number of benzene rings is 1. The van der Waals surface area contributed by atoms with Gasteiger partial charge in [-0.05, 0) is 49.7 Å². The smallest absolute Gasteiger partial charge is 0.126 e. The fourth-order valence-electron chi connectivity index (χ4n) is 2.87. The minimum atomic E-state index is 0.763. The molecule has 0 amide bonds. The Bertz CT molecular complexity index is 843. The molecule has 0 aliphatic carbocycles. The number of hydrogen-bond acceptors (Lipinski definition) is 5. The topological polar surface area (TPSA) is 67.1 Å². The van der Waals surface area contributed by atoms with E-state index in [0.29, 0.717) is 0 Å². The second kappa shape index (κ2) is 8.63. The lowest BCUT2D eigenvalue weighted by Gasteiger charge is -2.12. The van der Waals surface area contributed by atoms with E-state index in [-0.39, 0.29) is 0 Å². The summed E-state index contributed by atoms with van der Waals surface area (Å²) in [6, 6.07) is 14.5. The number of fused-ring (bicyclic) bond motifs is 1. The third-order valence-corrected chi connectivity index (χ3v) is 4.44. The van der Waals surface area contributed by atoms with Gasteiger partial charge in [-0.25, -0.2) is 4.98 Å². The van der Waals surface area contributed by atoms with Gasteiger partial charge in [-0.15, -0.1) is 0 Å². The second-order valence-corrected chi connectivity index (χ2v) is 6.68. The second-order valence-electron chi connectivity index (χ2n) is 6.68. The van der Waals surface area contributed by atoms with Crippen molar-refractivity contribution in [2.75, 3.05) is 37.4 Å². The maximum absolute atomic E-state index is 5.53. The third kappa shape index (κ3) is 4.49. The highest BCUT2D eigenvalue weighted by Crippen LogP contribution is 2.24. The summed E-state index contributed by atoms with van der Waals surface area (Å²) in [4.78, 5) is 11.4. The van der Waals surface area contributed by atoms with Gasteiger partial charge in [0.1, 0.15) is 5.82 Å². The molecule has 0 aliphatic rings. The maximum atomic E-state index is 5.53. The van der Waals surface area contributed by atoms with Crippen LogP contribution < -0.4 is 16.0 Å². The fourth-order valence-corrected chi connectivity index (χ4v) is 2.87. The molecule has 2 heterocycles. The van der Waals surface area contributed by atoms with Crippen molar-refractivity contribution in [3.05, 3.63) is 48.7 Å². The van der Waals surface area contributed by atoms with Crippen LogP contribution in [0.3, 0.4) is 0 Å². The van der Waals surface area contributed by atoms with Gasteiger partial charge in [0.05, 0.1) is 11.2 Å². The number of unbranched alkanes of at least 4 members (excludes halogenated alkanes) is 2. The van der Waals surface area contributed by atoms with Crippen molar-refractivity contribution >= 4 is 22.4 Å². The van der Waals surface area contributed by atoms with Gasteiger partial charge in [0.25, 0.3) is 0 Å². The van der Waals surface area contributed by atoms with Crippen molar-refractivity contribution in [3.8, 4) is 11.3 Å². The van der Waals surface area contributed by atoms with Gasteiger partial charge >= 0.3 is 0 Å². The molecule has 0 saturated carbocycles. The van der Waals surface area contributed by atoms with Gasteiger partial charge in [0.15, 0.2) is 0 Å². The number of rotatable bonds is 8. The molecule has 0 bridgehead atoms. The third-order valence-electron chi connectivity index (χ3n) is 4.44. The van der Waals surface area contributed by atoms with E-state index in [1.54, 1.807) is 0 Å². The molecule has 5 nitrogen and oxygen atoms in total. The number of anilines is 2. The number of nitrogens with one attached hydrogen (secondary N) is 1. The highest BCUT2D eigenvalue weighted by atomic mass is 15.1. The first kappa shape index (κ1) is 18.1. The average Bonchev–Trinajstić information content (AvgIpc) is 2.67. The van der Waals surface area contributed by atoms with Crippen molar-refractivity contribution < 1.29 is 0 Å². The van der Waals surface area contributed by atoms with Crippen LogP contribution in [0.5, 0.6) is 0 Å². The molecule has 0 spiro atoms. The molecule has 3 rings (SSSR count). The Kier molecular flexibility index (Phi) is 6.02. The summed E-state index contributed by atoms with van der Waals surface area (Å²) in [6.45, 7) is 1.68. The average molecular weight is 349 g/mol. The Labute approximate surface area is 155 Å². The van der Waals surface area contributed by atoms with Crippen molar-refractivity contribution in [3.63, 3.8) is 0 Å². The molecule has 0 fully saturated rings. The van der Waals surface area contributed by atoms with Crippen LogP contribution >= 0.6 is 0 Å². The Morgan fingerprint density at radius 3 is 2.54 bits per heavy atom. The molecule has 0 atom stereocenters. The minimum Gasteiger partial charge on any atom is -0.378 e. The molecule has 0 radical (unpaired) electrons. The maximum Gasteiger partial charge on any atom is 0.126 e. The Hall–Kier alpha value is -2.66. The van der Waals surface area contributed by atoms with E-state index in [1.807, 2.05) is 26.4 Å². The summed E-state index contributed by atoms with van der Waals surface area (Å²) in [5.74, 6) is 0.908. The summed E-state index contributed by atoms with van der Waals surface area (Å²) >= 11 is 0. The summed E-state index contributed by atoms with van der Waals surface area (Å²) in [7, 11) is 4.08. The van der Waals surface area contributed by atoms with Crippen LogP contribution in [0.2, 0.25) is 0 Å². The van der Waals surface area contributed by atoms with Crippen LogP contribution in [-0.4, -0.2) is 37.2 Å². The monoisotopic (exact) mass is 349 g/mol. The summed E-state index contributed by atoms with van der Waals surface area (Å²) < 4.78 is 0. The van der Waals surface area contributed by atoms with E-state index in [0.717, 1.165) is 60.3 Å². The highest BCUT2D eigenvalue weighted by Gasteiger charge is 2.04. The van der Waals surface area contributed by atoms with Crippen molar-refractivity contribution in [2.45, 2.75) is 19.3 Å². The number of pyridine rings is 2. The first-order chi connectivity index (χ1) is 12.7. The van der Waals surface area contributed by atoms with E-state index in [2.05, 4.69) is 51.6 Å². The molecule has 5 heteroatoms. The largest absolute Gasteiger partial charge is 0.378 e. The van der Waals surface area contributed by atoms with Crippen LogP contribution in [0.15, 0.2) is 48.7 Å². The first-order valence-electron chi connectivity index (χ1n) is 9.16. The van der Waals surface area contributed by atoms with E-state index in [4.69, 9.17) is 10.7 Å². The van der Waals surface area contributed by atoms with E-state index in [9.17, 15) is 0 Å². The van der Waals surface area contributed by atoms with E-state index >= 15 is 0 Å². The minimum absolute atomic E-state index is 0.763. The van der Waals surface area contributed by atoms with Gasteiger partial charge in [0, 0.05) is 43.5 Å². The molecule has 26 heavy (non-hydrogen) atoms. The zero-order valence-electron chi connectivity index (χ0n) is 15.6. The lowest BCUT2D eigenvalue weighted by atomic mass is 10.1. The molecule has 136 valence electrons. The Morgan fingerprint density at radius 2 is 1.81 bits per heavy atom. The van der Waals surface area contributed by atoms with Gasteiger partial charge in [-0.3, -0.25) is 4.98 Å². The zero-order chi connectivity index (χ0) is 18.4. The predicted octanol–water partition coefficient (Wildman–Crippen LogP) is 3.90. The lowest BCUT2D eigenvalue weighted by Crippen LogP contribution is -2.07. The molecule has 3 N–H and O–H groups in total. The fraction of sp³-hybridized carbons (Fsp3) is 0.333. The van der Waals surface area contributed by atoms with Crippen LogP contribution in [-0.2, 0) is 0 Å². The normalized spacial score (nSPS) is 10.9. The molecule has 0 saturated heterocycles. The molecule has 3 aromatic rings. The quantitative estimate of drug-likeness (QED) is 0.604. The van der Waals surface area contributed by atoms with Crippen LogP contribution in [0.4, 0.5) is 11.5 Å². The van der Waals surface area contributed by atoms with Crippen LogP contribution in [0.25, 0.3) is 22.2 Å². The molecule has 0 unspecified atom stereocenters. The van der Waals surface area contributed by atoms with Crippen LogP contribution in [0, 0.1) is 0 Å². The number of hydrogen-bond donors (Lipinski definition) is 2. The van der Waals surface area contributed by atoms with Crippen molar-refractivity contribution in [2.24, 2.45) is 5.73 Å².